The Labute approximate surface area is 116 Å². The lowest BCUT2D eigenvalue weighted by atomic mass is 10.1. The Hall–Kier alpha value is -2.22. The van der Waals surface area contributed by atoms with Gasteiger partial charge >= 0.3 is 11.9 Å². The molecule has 0 fully saturated rings. The van der Waals surface area contributed by atoms with Gasteiger partial charge in [0.2, 0.25) is 0 Å². The topological polar surface area (TPSA) is 104 Å². The predicted octanol–water partition coefficient (Wildman–Crippen LogP) is 1.28. The highest BCUT2D eigenvalue weighted by atomic mass is 35.5. The van der Waals surface area contributed by atoms with Gasteiger partial charge in [-0.1, -0.05) is 11.6 Å². The lowest BCUT2D eigenvalue weighted by Gasteiger charge is -2.13. The Bertz CT molecular complexity index is 578. The summed E-state index contributed by atoms with van der Waals surface area (Å²) in [7, 11) is 0. The number of carboxylic acid groups (broad SMARTS) is 2. The van der Waals surface area contributed by atoms with E-state index in [0.29, 0.717) is 12.1 Å². The number of carboxylic acids is 2. The average Bonchev–Trinajstić information content (AvgIpc) is 2.32. The highest BCUT2D eigenvalue weighted by Crippen LogP contribution is 2.20. The molecule has 0 saturated heterocycles. The molecular formula is C11H8ClF2NO5. The summed E-state index contributed by atoms with van der Waals surface area (Å²) in [4.78, 5) is 32.9. The largest absolute Gasteiger partial charge is 0.481 e. The van der Waals surface area contributed by atoms with Crippen LogP contribution < -0.4 is 5.32 Å². The molecule has 1 rings (SSSR count). The van der Waals surface area contributed by atoms with E-state index < -0.39 is 52.5 Å². The van der Waals surface area contributed by atoms with Gasteiger partial charge in [-0.25, -0.2) is 13.6 Å². The number of halogens is 3. The van der Waals surface area contributed by atoms with Crippen molar-refractivity contribution < 1.29 is 33.4 Å². The second kappa shape index (κ2) is 6.29. The summed E-state index contributed by atoms with van der Waals surface area (Å²) in [6.45, 7) is 0. The summed E-state index contributed by atoms with van der Waals surface area (Å²) in [6.07, 6.45) is -0.873. The minimum absolute atomic E-state index is 0.430. The Morgan fingerprint density at radius 3 is 2.25 bits per heavy atom. The molecule has 1 aromatic rings. The zero-order valence-corrected chi connectivity index (χ0v) is 10.4. The molecule has 20 heavy (non-hydrogen) atoms. The molecule has 1 atom stereocenters. The SMILES string of the molecule is O=C(O)C[C@H](NC(=O)c1cc(F)c(F)cc1Cl)C(=O)O. The molecule has 1 amide bonds. The summed E-state index contributed by atoms with van der Waals surface area (Å²) in [5, 5.41) is 18.7. The van der Waals surface area contributed by atoms with E-state index in [-0.39, 0.29) is 0 Å². The number of nitrogens with one attached hydrogen (secondary N) is 1. The summed E-state index contributed by atoms with van der Waals surface area (Å²) < 4.78 is 25.8. The number of carbonyl (C=O) groups is 3. The van der Waals surface area contributed by atoms with Crippen LogP contribution in [0.2, 0.25) is 5.02 Å². The molecular weight excluding hydrogens is 300 g/mol. The number of benzene rings is 1. The Morgan fingerprint density at radius 2 is 1.75 bits per heavy atom. The molecule has 1 aromatic carbocycles. The zero-order valence-electron chi connectivity index (χ0n) is 9.69. The summed E-state index contributed by atoms with van der Waals surface area (Å²) in [6, 6.07) is -0.671. The van der Waals surface area contributed by atoms with Gasteiger partial charge < -0.3 is 15.5 Å². The van der Waals surface area contributed by atoms with Crippen LogP contribution in [0.25, 0.3) is 0 Å². The molecule has 0 aromatic heterocycles. The Kier molecular flexibility index (Phi) is 4.98. The van der Waals surface area contributed by atoms with E-state index in [1.165, 1.54) is 0 Å². The van der Waals surface area contributed by atoms with Crippen LogP contribution in [0.5, 0.6) is 0 Å². The van der Waals surface area contributed by atoms with E-state index >= 15 is 0 Å². The van der Waals surface area contributed by atoms with Crippen molar-refractivity contribution in [1.29, 1.82) is 0 Å². The fourth-order valence-electron chi connectivity index (χ4n) is 1.31. The van der Waals surface area contributed by atoms with Crippen LogP contribution in [0, 0.1) is 11.6 Å². The maximum Gasteiger partial charge on any atom is 0.326 e. The maximum absolute atomic E-state index is 13.0. The molecule has 0 bridgehead atoms. The Morgan fingerprint density at radius 1 is 1.20 bits per heavy atom. The van der Waals surface area contributed by atoms with Crippen molar-refractivity contribution in [2.45, 2.75) is 12.5 Å². The molecule has 108 valence electrons. The van der Waals surface area contributed by atoms with E-state index in [1.54, 1.807) is 0 Å². The predicted molar refractivity (Wildman–Crippen MR) is 62.5 cm³/mol. The highest BCUT2D eigenvalue weighted by molar-refractivity contribution is 6.33. The summed E-state index contributed by atoms with van der Waals surface area (Å²) >= 11 is 5.53. The van der Waals surface area contributed by atoms with Gasteiger partial charge in [-0.2, -0.15) is 0 Å². The second-order valence-electron chi connectivity index (χ2n) is 3.71. The van der Waals surface area contributed by atoms with Crippen LogP contribution in [0.3, 0.4) is 0 Å². The summed E-state index contributed by atoms with van der Waals surface area (Å²) in [5.41, 5.74) is -0.498. The van der Waals surface area contributed by atoms with Crippen molar-refractivity contribution in [2.24, 2.45) is 0 Å². The third-order valence-electron chi connectivity index (χ3n) is 2.24. The molecule has 0 aliphatic heterocycles. The van der Waals surface area contributed by atoms with Crippen molar-refractivity contribution >= 4 is 29.4 Å². The number of amides is 1. The van der Waals surface area contributed by atoms with Gasteiger partial charge in [-0.05, 0) is 12.1 Å². The molecule has 9 heteroatoms. The lowest BCUT2D eigenvalue weighted by Crippen LogP contribution is -2.42. The van der Waals surface area contributed by atoms with E-state index in [0.717, 1.165) is 0 Å². The minimum atomic E-state index is -1.72. The first-order chi connectivity index (χ1) is 9.22. The molecule has 0 radical (unpaired) electrons. The Balaban J connectivity index is 2.97. The zero-order chi connectivity index (χ0) is 15.4. The van der Waals surface area contributed by atoms with Crippen molar-refractivity contribution in [2.75, 3.05) is 0 Å². The van der Waals surface area contributed by atoms with Gasteiger partial charge in [0.15, 0.2) is 11.6 Å². The van der Waals surface area contributed by atoms with Gasteiger partial charge in [-0.15, -0.1) is 0 Å². The standard InChI is InChI=1S/C11H8ClF2NO5/c12-5-2-7(14)6(13)1-4(5)10(18)15-8(11(19)20)3-9(16)17/h1-2,8H,3H2,(H,15,18)(H,16,17)(H,19,20)/t8-/m0/s1. The number of rotatable bonds is 5. The van der Waals surface area contributed by atoms with Gasteiger partial charge in [0, 0.05) is 0 Å². The maximum atomic E-state index is 13.0. The van der Waals surface area contributed by atoms with Gasteiger partial charge in [0.25, 0.3) is 5.91 Å². The van der Waals surface area contributed by atoms with Crippen LogP contribution in [0.15, 0.2) is 12.1 Å². The third-order valence-corrected chi connectivity index (χ3v) is 2.55. The molecule has 0 unspecified atom stereocenters. The van der Waals surface area contributed by atoms with Crippen molar-refractivity contribution in [3.63, 3.8) is 0 Å². The van der Waals surface area contributed by atoms with Gasteiger partial charge in [-0.3, -0.25) is 9.59 Å². The number of aliphatic carboxylic acids is 2. The number of carbonyl (C=O) groups excluding carboxylic acids is 1. The van der Waals surface area contributed by atoms with E-state index in [1.807, 2.05) is 5.32 Å². The summed E-state index contributed by atoms with van der Waals surface area (Å²) in [5.74, 6) is -6.77. The molecule has 0 aliphatic carbocycles. The number of hydrogen-bond donors (Lipinski definition) is 3. The van der Waals surface area contributed by atoms with E-state index in [4.69, 9.17) is 21.8 Å². The van der Waals surface area contributed by atoms with Gasteiger partial charge in [0.1, 0.15) is 6.04 Å². The fraction of sp³-hybridized carbons (Fsp3) is 0.182. The first-order valence-electron chi connectivity index (χ1n) is 5.12. The monoisotopic (exact) mass is 307 g/mol. The van der Waals surface area contributed by atoms with Crippen LogP contribution in [-0.4, -0.2) is 34.1 Å². The van der Waals surface area contributed by atoms with Crippen molar-refractivity contribution in [3.8, 4) is 0 Å². The van der Waals surface area contributed by atoms with E-state index in [2.05, 4.69) is 0 Å². The molecule has 6 nitrogen and oxygen atoms in total. The van der Waals surface area contributed by atoms with Crippen LogP contribution in [-0.2, 0) is 9.59 Å². The average molecular weight is 308 g/mol. The van der Waals surface area contributed by atoms with Crippen molar-refractivity contribution in [3.05, 3.63) is 34.4 Å². The van der Waals surface area contributed by atoms with Crippen molar-refractivity contribution in [1.82, 2.24) is 5.32 Å². The quantitative estimate of drug-likeness (QED) is 0.711. The molecule has 0 aliphatic rings. The van der Waals surface area contributed by atoms with Crippen LogP contribution in [0.1, 0.15) is 16.8 Å². The molecule has 0 saturated carbocycles. The van der Waals surface area contributed by atoms with Crippen LogP contribution >= 0.6 is 11.6 Å². The highest BCUT2D eigenvalue weighted by Gasteiger charge is 2.25. The van der Waals surface area contributed by atoms with Crippen LogP contribution in [0.4, 0.5) is 8.78 Å². The van der Waals surface area contributed by atoms with E-state index in [9.17, 15) is 23.2 Å². The molecule has 3 N–H and O–H groups in total. The normalized spacial score (nSPS) is 11.8. The lowest BCUT2D eigenvalue weighted by molar-refractivity contribution is -0.145. The third kappa shape index (κ3) is 3.89. The molecule has 0 heterocycles. The first kappa shape index (κ1) is 15.8. The first-order valence-corrected chi connectivity index (χ1v) is 5.50. The minimum Gasteiger partial charge on any atom is -0.481 e. The second-order valence-corrected chi connectivity index (χ2v) is 4.12. The molecule has 0 spiro atoms. The smallest absolute Gasteiger partial charge is 0.326 e. The van der Waals surface area contributed by atoms with Gasteiger partial charge in [0.05, 0.1) is 17.0 Å². The number of hydrogen-bond acceptors (Lipinski definition) is 3. The fourth-order valence-corrected chi connectivity index (χ4v) is 1.54.